The number of nitrogens with two attached hydrogens (primary N) is 1. The molecule has 0 saturated heterocycles. The topological polar surface area (TPSA) is 271 Å². The third-order valence-electron chi connectivity index (χ3n) is 9.86. The molecule has 0 saturated carbocycles. The fourth-order valence-electron chi connectivity index (χ4n) is 6.04. The number of carboxylic acids is 2. The standard InChI is InChI=1S/C25H45N5O11.C20H40O2.C2H6/c1-19(32)20(26)4-2-3-7-27-23(34)16-40-14-13-39-11-9-29-24(35)17-41-15-12-38-10-8-28-22(33)6-5-21(25(36)37)30-18-31;1-2-3-4-5-6-7-8-9-10-11-12-13-14-15-16-17-18-19-20(21)22;1-2/h18,20-21H,2-17,26H2,1H3,(H,27,34)(H,28,33)(H,29,35)(H,30,31)(H,36,37);2-19H2,1H3,(H,21,22);1-2H3/t20?,21-;;/m0../s1. The number of carbonyl (C=O) groups is 7. The van der Waals surface area contributed by atoms with Crippen molar-refractivity contribution < 1.29 is 62.7 Å². The van der Waals surface area contributed by atoms with Gasteiger partial charge in [-0.2, -0.15) is 0 Å². The van der Waals surface area contributed by atoms with Crippen molar-refractivity contribution in [2.24, 2.45) is 5.73 Å². The maximum atomic E-state index is 11.7. The van der Waals surface area contributed by atoms with Crippen molar-refractivity contribution in [1.82, 2.24) is 21.3 Å². The molecule has 0 heterocycles. The average Bonchev–Trinajstić information content (AvgIpc) is 3.28. The second-order valence-corrected chi connectivity index (χ2v) is 15.6. The monoisotopic (exact) mass is 934 g/mol. The Morgan fingerprint density at radius 2 is 0.938 bits per heavy atom. The molecule has 8 N–H and O–H groups in total. The van der Waals surface area contributed by atoms with Crippen molar-refractivity contribution in [2.75, 3.05) is 72.5 Å². The van der Waals surface area contributed by atoms with Crippen LogP contribution in [0.5, 0.6) is 0 Å². The molecule has 4 amide bonds. The molecule has 65 heavy (non-hydrogen) atoms. The minimum absolute atomic E-state index is 0.0269. The minimum atomic E-state index is -1.21. The van der Waals surface area contributed by atoms with E-state index in [9.17, 15) is 33.6 Å². The van der Waals surface area contributed by atoms with Crippen molar-refractivity contribution in [3.8, 4) is 0 Å². The second-order valence-electron chi connectivity index (χ2n) is 15.6. The summed E-state index contributed by atoms with van der Waals surface area (Å²) in [4.78, 5) is 77.7. The van der Waals surface area contributed by atoms with Gasteiger partial charge in [-0.25, -0.2) is 4.79 Å². The third kappa shape index (κ3) is 54.5. The van der Waals surface area contributed by atoms with Crippen molar-refractivity contribution >= 4 is 41.9 Å². The lowest BCUT2D eigenvalue weighted by molar-refractivity contribution is -0.141. The van der Waals surface area contributed by atoms with Crippen LogP contribution in [0.3, 0.4) is 0 Å². The first-order chi connectivity index (χ1) is 31.4. The zero-order valence-electron chi connectivity index (χ0n) is 40.7. The van der Waals surface area contributed by atoms with Crippen molar-refractivity contribution in [1.29, 1.82) is 0 Å². The van der Waals surface area contributed by atoms with Crippen molar-refractivity contribution in [3.63, 3.8) is 0 Å². The van der Waals surface area contributed by atoms with Crippen molar-refractivity contribution in [3.05, 3.63) is 0 Å². The number of nitrogens with one attached hydrogen (secondary N) is 4. The zero-order chi connectivity index (χ0) is 49.0. The Hall–Kier alpha value is -3.71. The van der Waals surface area contributed by atoms with E-state index in [4.69, 9.17) is 34.9 Å². The number of rotatable bonds is 46. The van der Waals surface area contributed by atoms with Crippen LogP contribution in [0.25, 0.3) is 0 Å². The predicted octanol–water partition coefficient (Wildman–Crippen LogP) is 5.61. The van der Waals surface area contributed by atoms with E-state index in [1.807, 2.05) is 13.8 Å². The fourth-order valence-corrected chi connectivity index (χ4v) is 6.04. The highest BCUT2D eigenvalue weighted by atomic mass is 16.5. The van der Waals surface area contributed by atoms with Crippen LogP contribution in [0, 0.1) is 0 Å². The van der Waals surface area contributed by atoms with Gasteiger partial charge >= 0.3 is 11.9 Å². The van der Waals surface area contributed by atoms with Crippen LogP contribution in [0.1, 0.15) is 175 Å². The van der Waals surface area contributed by atoms with Gasteiger partial charge in [-0.1, -0.05) is 124 Å². The molecule has 0 aromatic carbocycles. The van der Waals surface area contributed by atoms with Gasteiger partial charge in [0.15, 0.2) is 0 Å². The molecule has 382 valence electrons. The number of carboxylic acid groups (broad SMARTS) is 2. The summed E-state index contributed by atoms with van der Waals surface area (Å²) >= 11 is 0. The highest BCUT2D eigenvalue weighted by molar-refractivity contribution is 5.81. The summed E-state index contributed by atoms with van der Waals surface area (Å²) in [6, 6.07) is -1.56. The lowest BCUT2D eigenvalue weighted by Gasteiger charge is -2.11. The van der Waals surface area contributed by atoms with Gasteiger partial charge in [-0.15, -0.1) is 0 Å². The molecule has 18 heteroatoms. The molecular formula is C47H91N5O13. The van der Waals surface area contributed by atoms with Gasteiger partial charge in [-0.3, -0.25) is 28.8 Å². The van der Waals surface area contributed by atoms with E-state index in [2.05, 4.69) is 28.2 Å². The molecule has 0 aromatic rings. The van der Waals surface area contributed by atoms with Crippen molar-refractivity contribution in [2.45, 2.75) is 187 Å². The molecule has 0 spiro atoms. The zero-order valence-corrected chi connectivity index (χ0v) is 40.7. The molecule has 0 fully saturated rings. The number of ether oxygens (including phenoxy) is 4. The molecule has 0 rings (SSSR count). The smallest absolute Gasteiger partial charge is 0.326 e. The van der Waals surface area contributed by atoms with E-state index < -0.39 is 24.0 Å². The normalized spacial score (nSPS) is 11.5. The lowest BCUT2D eigenvalue weighted by atomic mass is 10.0. The summed E-state index contributed by atoms with van der Waals surface area (Å²) < 4.78 is 21.0. The molecular weight excluding hydrogens is 843 g/mol. The predicted molar refractivity (Wildman–Crippen MR) is 252 cm³/mol. The van der Waals surface area contributed by atoms with Crippen LogP contribution in [-0.2, 0) is 52.5 Å². The number of hydrogen-bond donors (Lipinski definition) is 7. The van der Waals surface area contributed by atoms with E-state index >= 15 is 0 Å². The van der Waals surface area contributed by atoms with Crippen LogP contribution in [0.4, 0.5) is 0 Å². The molecule has 0 aliphatic rings. The van der Waals surface area contributed by atoms with E-state index in [-0.39, 0.29) is 109 Å². The summed E-state index contributed by atoms with van der Waals surface area (Å²) in [5, 5.41) is 27.5. The average molecular weight is 934 g/mol. The van der Waals surface area contributed by atoms with Gasteiger partial charge in [0.1, 0.15) is 25.0 Å². The molecule has 18 nitrogen and oxygen atoms in total. The molecule has 1 unspecified atom stereocenters. The van der Waals surface area contributed by atoms with Crippen LogP contribution in [0.15, 0.2) is 0 Å². The van der Waals surface area contributed by atoms with Crippen LogP contribution in [-0.4, -0.2) is 137 Å². The number of hydrogen-bond acceptors (Lipinski definition) is 12. The fraction of sp³-hybridized carbons (Fsp3) is 0.851. The number of unbranched alkanes of at least 4 members (excludes halogenated alkanes) is 17. The van der Waals surface area contributed by atoms with Gasteiger partial charge in [0, 0.05) is 32.5 Å². The summed E-state index contributed by atoms with van der Waals surface area (Å²) in [6.45, 7) is 9.85. The molecule has 2 atom stereocenters. The van der Waals surface area contributed by atoms with Gasteiger partial charge in [0.25, 0.3) is 0 Å². The van der Waals surface area contributed by atoms with Gasteiger partial charge in [0.2, 0.25) is 24.1 Å². The van der Waals surface area contributed by atoms with E-state index in [1.54, 1.807) is 0 Å². The highest BCUT2D eigenvalue weighted by Crippen LogP contribution is 2.14. The molecule has 0 aromatic heterocycles. The SMILES string of the molecule is CC.CC(=O)C(N)CCCCNC(=O)COCCOCCNC(=O)COCCOCCNC(=O)CC[C@H](NC=O)C(=O)O.CCCCCCCCCCCCCCCCCCCC(=O)O. The Morgan fingerprint density at radius 1 is 0.523 bits per heavy atom. The Kier molecular flexibility index (Phi) is 53.4. The van der Waals surface area contributed by atoms with E-state index in [1.165, 1.54) is 103 Å². The molecule has 0 radical (unpaired) electrons. The Bertz CT molecular complexity index is 1170. The maximum absolute atomic E-state index is 11.7. The number of amides is 4. The van der Waals surface area contributed by atoms with Crippen LogP contribution >= 0.6 is 0 Å². The maximum Gasteiger partial charge on any atom is 0.326 e. The summed E-state index contributed by atoms with van der Waals surface area (Å²) in [6.07, 6.45) is 25.4. The Morgan fingerprint density at radius 3 is 1.35 bits per heavy atom. The first-order valence-electron chi connectivity index (χ1n) is 24.5. The minimum Gasteiger partial charge on any atom is -0.481 e. The third-order valence-corrected chi connectivity index (χ3v) is 9.86. The highest BCUT2D eigenvalue weighted by Gasteiger charge is 2.17. The number of aliphatic carboxylic acids is 2. The van der Waals surface area contributed by atoms with Crippen LogP contribution in [0.2, 0.25) is 0 Å². The number of ketones is 1. The first kappa shape index (κ1) is 65.6. The second kappa shape index (κ2) is 52.9. The number of Topliss-reactive ketones (excluding diaryl/α,β-unsaturated/α-hetero) is 1. The van der Waals surface area contributed by atoms with E-state index in [0.29, 0.717) is 19.4 Å². The Balaban J connectivity index is -0.00000135. The number of carbonyl (C=O) groups excluding carboxylic acids is 5. The first-order valence-corrected chi connectivity index (χ1v) is 24.5. The van der Waals surface area contributed by atoms with Gasteiger partial charge in [0.05, 0.1) is 45.7 Å². The summed E-state index contributed by atoms with van der Waals surface area (Å²) in [7, 11) is 0. The summed E-state index contributed by atoms with van der Waals surface area (Å²) in [5.74, 6) is -2.83. The largest absolute Gasteiger partial charge is 0.481 e. The molecule has 0 aliphatic carbocycles. The van der Waals surface area contributed by atoms with Gasteiger partial charge in [-0.05, 0) is 39.0 Å². The lowest BCUT2D eigenvalue weighted by Crippen LogP contribution is -2.37. The van der Waals surface area contributed by atoms with Gasteiger partial charge < -0.3 is 56.2 Å². The Labute approximate surface area is 390 Å². The van der Waals surface area contributed by atoms with E-state index in [0.717, 1.165) is 25.7 Å². The molecule has 0 bridgehead atoms. The van der Waals surface area contributed by atoms with Crippen LogP contribution < -0.4 is 27.0 Å². The molecule has 0 aliphatic heterocycles. The summed E-state index contributed by atoms with van der Waals surface area (Å²) in [5.41, 5.74) is 5.64. The quantitative estimate of drug-likeness (QED) is 0.0289.